The topological polar surface area (TPSA) is 12.0 Å². The van der Waals surface area contributed by atoms with Crippen LogP contribution in [0.15, 0.2) is 30.3 Å². The summed E-state index contributed by atoms with van der Waals surface area (Å²) in [4.78, 5) is 0. The fourth-order valence-electron chi connectivity index (χ4n) is 0.501. The standard InChI is InChI=1S/C6H6FN.HI/c7-8-6-4-2-1-3-5-6;/h1-5,8H;1H. The van der Waals surface area contributed by atoms with E-state index in [2.05, 4.69) is 0 Å². The smallest absolute Gasteiger partial charge is 0.0655 e. The van der Waals surface area contributed by atoms with Crippen molar-refractivity contribution < 1.29 is 4.48 Å². The molecule has 50 valence electrons. The fraction of sp³-hybridized carbons (Fsp3) is 0. The van der Waals surface area contributed by atoms with E-state index in [-0.39, 0.29) is 24.0 Å². The molecule has 0 spiro atoms. The van der Waals surface area contributed by atoms with Gasteiger partial charge in [0, 0.05) is 0 Å². The van der Waals surface area contributed by atoms with Crippen molar-refractivity contribution in [1.82, 2.24) is 0 Å². The van der Waals surface area contributed by atoms with Crippen LogP contribution in [0.4, 0.5) is 10.2 Å². The molecular weight excluding hydrogens is 232 g/mol. The van der Waals surface area contributed by atoms with Crippen LogP contribution < -0.4 is 5.54 Å². The number of benzene rings is 1. The van der Waals surface area contributed by atoms with Gasteiger partial charge in [-0.1, -0.05) is 18.2 Å². The molecule has 0 aliphatic carbocycles. The van der Waals surface area contributed by atoms with Crippen molar-refractivity contribution in [2.75, 3.05) is 5.54 Å². The van der Waals surface area contributed by atoms with Crippen molar-refractivity contribution in [1.29, 1.82) is 0 Å². The Hall–Kier alpha value is -0.320. The molecule has 0 fully saturated rings. The highest BCUT2D eigenvalue weighted by atomic mass is 127. The first-order valence-corrected chi connectivity index (χ1v) is 2.35. The second-order valence-corrected chi connectivity index (χ2v) is 1.46. The molecule has 1 rings (SSSR count). The molecule has 0 aliphatic heterocycles. The van der Waals surface area contributed by atoms with E-state index < -0.39 is 0 Å². The summed E-state index contributed by atoms with van der Waals surface area (Å²) < 4.78 is 11.5. The molecule has 1 nitrogen and oxygen atoms in total. The minimum atomic E-state index is 0. The van der Waals surface area contributed by atoms with Crippen LogP contribution in [-0.2, 0) is 0 Å². The molecule has 3 heteroatoms. The first-order chi connectivity index (χ1) is 3.93. The molecule has 0 heterocycles. The average molecular weight is 239 g/mol. The van der Waals surface area contributed by atoms with Gasteiger partial charge in [-0.15, -0.1) is 28.5 Å². The van der Waals surface area contributed by atoms with Crippen molar-refractivity contribution in [3.05, 3.63) is 30.3 Å². The Balaban J connectivity index is 0.000000640. The molecule has 0 saturated heterocycles. The van der Waals surface area contributed by atoms with E-state index in [4.69, 9.17) is 0 Å². The second-order valence-electron chi connectivity index (χ2n) is 1.46. The van der Waals surface area contributed by atoms with Gasteiger partial charge in [-0.05, 0) is 12.1 Å². The molecule has 1 aromatic rings. The summed E-state index contributed by atoms with van der Waals surface area (Å²) in [5, 5.41) is 0. The van der Waals surface area contributed by atoms with Gasteiger partial charge in [-0.3, -0.25) is 0 Å². The van der Waals surface area contributed by atoms with Gasteiger partial charge in [0.15, 0.2) is 0 Å². The number of para-hydroxylation sites is 1. The monoisotopic (exact) mass is 239 g/mol. The first-order valence-electron chi connectivity index (χ1n) is 2.35. The lowest BCUT2D eigenvalue weighted by atomic mass is 10.3. The normalized spacial score (nSPS) is 7.67. The number of halogens is 2. The Bertz CT molecular complexity index is 154. The van der Waals surface area contributed by atoms with E-state index >= 15 is 0 Å². The van der Waals surface area contributed by atoms with Crippen molar-refractivity contribution >= 4 is 29.7 Å². The van der Waals surface area contributed by atoms with E-state index in [9.17, 15) is 4.48 Å². The zero-order valence-electron chi connectivity index (χ0n) is 4.67. The maximum atomic E-state index is 11.5. The predicted molar refractivity (Wildman–Crippen MR) is 46.6 cm³/mol. The molecule has 0 aromatic heterocycles. The summed E-state index contributed by atoms with van der Waals surface area (Å²) in [5.41, 5.74) is 2.02. The molecule has 0 aliphatic rings. The lowest BCUT2D eigenvalue weighted by Crippen LogP contribution is -1.77. The van der Waals surface area contributed by atoms with E-state index in [0.29, 0.717) is 5.69 Å². The minimum Gasteiger partial charge on any atom is -0.225 e. The van der Waals surface area contributed by atoms with Crippen molar-refractivity contribution in [2.45, 2.75) is 0 Å². The van der Waals surface area contributed by atoms with Gasteiger partial charge in [-0.25, -0.2) is 5.54 Å². The van der Waals surface area contributed by atoms with Gasteiger partial charge >= 0.3 is 0 Å². The zero-order chi connectivity index (χ0) is 5.82. The maximum absolute atomic E-state index is 11.5. The summed E-state index contributed by atoms with van der Waals surface area (Å²) in [6, 6.07) is 8.67. The molecule has 0 radical (unpaired) electrons. The molecule has 0 atom stereocenters. The van der Waals surface area contributed by atoms with E-state index in [1.807, 2.05) is 6.07 Å². The number of hydrogen-bond acceptors (Lipinski definition) is 1. The van der Waals surface area contributed by atoms with Crippen LogP contribution in [0.1, 0.15) is 0 Å². The molecule has 9 heavy (non-hydrogen) atoms. The van der Waals surface area contributed by atoms with Gasteiger partial charge in [-0.2, -0.15) is 0 Å². The van der Waals surface area contributed by atoms with Gasteiger partial charge < -0.3 is 0 Å². The lowest BCUT2D eigenvalue weighted by Gasteiger charge is -1.89. The molecule has 1 N–H and O–H groups in total. The highest BCUT2D eigenvalue weighted by Crippen LogP contribution is 2.03. The lowest BCUT2D eigenvalue weighted by molar-refractivity contribution is 0.618. The molecule has 0 amide bonds. The van der Waals surface area contributed by atoms with Crippen LogP contribution in [0.5, 0.6) is 0 Å². The van der Waals surface area contributed by atoms with Crippen LogP contribution in [0.3, 0.4) is 0 Å². The summed E-state index contributed by atoms with van der Waals surface area (Å²) in [7, 11) is 0. The third-order valence-corrected chi connectivity index (χ3v) is 0.883. The largest absolute Gasteiger partial charge is 0.225 e. The number of anilines is 1. The van der Waals surface area contributed by atoms with E-state index in [1.165, 1.54) is 5.54 Å². The molecule has 0 bridgehead atoms. The SMILES string of the molecule is FNc1ccccc1.I. The molecular formula is C6H7FIN. The Labute approximate surface area is 70.2 Å². The molecule has 0 unspecified atom stereocenters. The fourth-order valence-corrected chi connectivity index (χ4v) is 0.501. The molecule has 1 aromatic carbocycles. The average Bonchev–Trinajstić information content (AvgIpc) is 1.90. The summed E-state index contributed by atoms with van der Waals surface area (Å²) >= 11 is 0. The van der Waals surface area contributed by atoms with Crippen molar-refractivity contribution in [3.63, 3.8) is 0 Å². The summed E-state index contributed by atoms with van der Waals surface area (Å²) in [6.07, 6.45) is 0. The Morgan fingerprint density at radius 1 is 1.11 bits per heavy atom. The second kappa shape index (κ2) is 4.55. The quantitative estimate of drug-likeness (QED) is 0.586. The van der Waals surface area contributed by atoms with Crippen LogP contribution >= 0.6 is 24.0 Å². The van der Waals surface area contributed by atoms with Crippen LogP contribution in [0.25, 0.3) is 0 Å². The van der Waals surface area contributed by atoms with Crippen molar-refractivity contribution in [3.8, 4) is 0 Å². The van der Waals surface area contributed by atoms with E-state index in [0.717, 1.165) is 0 Å². The van der Waals surface area contributed by atoms with Crippen LogP contribution in [0, 0.1) is 0 Å². The Morgan fingerprint density at radius 2 is 1.67 bits per heavy atom. The van der Waals surface area contributed by atoms with Crippen LogP contribution in [0.2, 0.25) is 0 Å². The number of hydrogen-bond donors (Lipinski definition) is 1. The predicted octanol–water partition coefficient (Wildman–Crippen LogP) is 2.60. The maximum Gasteiger partial charge on any atom is 0.0655 e. The summed E-state index contributed by atoms with van der Waals surface area (Å²) in [6.45, 7) is 0. The zero-order valence-corrected chi connectivity index (χ0v) is 7.00. The van der Waals surface area contributed by atoms with E-state index in [1.54, 1.807) is 24.3 Å². The van der Waals surface area contributed by atoms with Gasteiger partial charge in [0.2, 0.25) is 0 Å². The minimum absolute atomic E-state index is 0. The first kappa shape index (κ1) is 8.68. The number of nitrogens with one attached hydrogen (secondary N) is 1. The number of rotatable bonds is 1. The van der Waals surface area contributed by atoms with Gasteiger partial charge in [0.1, 0.15) is 0 Å². The van der Waals surface area contributed by atoms with Gasteiger partial charge in [0.25, 0.3) is 0 Å². The molecule has 0 saturated carbocycles. The third kappa shape index (κ3) is 2.64. The van der Waals surface area contributed by atoms with Gasteiger partial charge in [0.05, 0.1) is 5.69 Å². The highest BCUT2D eigenvalue weighted by molar-refractivity contribution is 14.0. The highest BCUT2D eigenvalue weighted by Gasteiger charge is 1.80. The Kier molecular flexibility index (Phi) is 4.39. The summed E-state index contributed by atoms with van der Waals surface area (Å²) in [5.74, 6) is 0. The third-order valence-electron chi connectivity index (χ3n) is 0.883. The Morgan fingerprint density at radius 3 is 2.00 bits per heavy atom. The van der Waals surface area contributed by atoms with Crippen molar-refractivity contribution in [2.24, 2.45) is 0 Å². The van der Waals surface area contributed by atoms with Crippen LogP contribution in [-0.4, -0.2) is 0 Å².